The van der Waals surface area contributed by atoms with E-state index in [2.05, 4.69) is 26.2 Å². The summed E-state index contributed by atoms with van der Waals surface area (Å²) >= 11 is 3.39. The van der Waals surface area contributed by atoms with E-state index in [1.165, 1.54) is 0 Å². The molecule has 0 radical (unpaired) electrons. The number of nitrogens with one attached hydrogen (secondary N) is 1. The summed E-state index contributed by atoms with van der Waals surface area (Å²) in [6.45, 7) is 2.37. The molecule has 114 valence electrons. The summed E-state index contributed by atoms with van der Waals surface area (Å²) in [7, 11) is 0. The highest BCUT2D eigenvalue weighted by Crippen LogP contribution is 2.21. The van der Waals surface area contributed by atoms with Gasteiger partial charge in [0.15, 0.2) is 0 Å². The number of hydrogen-bond donors (Lipinski definition) is 2. The molecule has 0 bridgehead atoms. The van der Waals surface area contributed by atoms with Crippen LogP contribution in [0.2, 0.25) is 0 Å². The molecule has 2 aromatic rings. The number of nitrogens with two attached hydrogens (primary N) is 1. The minimum atomic E-state index is -0.773. The van der Waals surface area contributed by atoms with Gasteiger partial charge in [-0.05, 0) is 30.2 Å². The van der Waals surface area contributed by atoms with E-state index in [0.29, 0.717) is 6.54 Å². The fourth-order valence-electron chi connectivity index (χ4n) is 1.89. The third-order valence-electron chi connectivity index (χ3n) is 3.11. The monoisotopic (exact) mass is 364 g/mol. The number of rotatable bonds is 5. The van der Waals surface area contributed by atoms with Crippen LogP contribution in [0.3, 0.4) is 0 Å². The zero-order chi connectivity index (χ0) is 16.3. The van der Waals surface area contributed by atoms with Crippen LogP contribution in [-0.2, 0) is 6.54 Å². The number of aryl methyl sites for hydroxylation is 1. The Kier molecular flexibility index (Phi) is 4.71. The molecule has 2 rings (SSSR count). The van der Waals surface area contributed by atoms with Crippen LogP contribution in [-0.4, -0.2) is 15.8 Å². The fourth-order valence-corrected chi connectivity index (χ4v) is 2.30. The summed E-state index contributed by atoms with van der Waals surface area (Å²) < 4.78 is 0.932. The van der Waals surface area contributed by atoms with Crippen molar-refractivity contribution in [2.45, 2.75) is 13.5 Å². The molecule has 1 amide bonds. The Bertz CT molecular complexity index is 749. The molecule has 0 fully saturated rings. The van der Waals surface area contributed by atoms with Crippen LogP contribution < -0.4 is 11.1 Å². The molecule has 0 aliphatic rings. The molecule has 0 aliphatic heterocycles. The van der Waals surface area contributed by atoms with Crippen LogP contribution in [0.5, 0.6) is 0 Å². The van der Waals surface area contributed by atoms with Crippen molar-refractivity contribution in [1.82, 2.24) is 4.98 Å². The molecule has 1 aromatic heterocycles. The lowest BCUT2D eigenvalue weighted by Gasteiger charge is -2.11. The zero-order valence-electron chi connectivity index (χ0n) is 11.7. The maximum absolute atomic E-state index is 11.4. The van der Waals surface area contributed by atoms with Crippen LogP contribution in [0.1, 0.15) is 21.5 Å². The van der Waals surface area contributed by atoms with Gasteiger partial charge in [0.05, 0.1) is 10.5 Å². The smallest absolute Gasteiger partial charge is 0.288 e. The second-order valence-corrected chi connectivity index (χ2v) is 5.55. The van der Waals surface area contributed by atoms with Crippen LogP contribution in [0, 0.1) is 17.0 Å². The summed E-state index contributed by atoms with van der Waals surface area (Å²) in [6, 6.07) is 6.94. The van der Waals surface area contributed by atoms with Crippen molar-refractivity contribution in [1.29, 1.82) is 0 Å². The summed E-state index contributed by atoms with van der Waals surface area (Å²) in [5.74, 6) is -0.554. The molecule has 1 heterocycles. The van der Waals surface area contributed by atoms with Crippen molar-refractivity contribution in [2.75, 3.05) is 5.32 Å². The molecule has 0 atom stereocenters. The van der Waals surface area contributed by atoms with Gasteiger partial charge in [-0.25, -0.2) is 4.98 Å². The van der Waals surface area contributed by atoms with E-state index in [1.807, 2.05) is 25.1 Å². The van der Waals surface area contributed by atoms with Crippen molar-refractivity contribution < 1.29 is 9.72 Å². The summed E-state index contributed by atoms with van der Waals surface area (Å²) in [6.07, 6.45) is 1.09. The van der Waals surface area contributed by atoms with Gasteiger partial charge in [-0.3, -0.25) is 14.9 Å². The minimum absolute atomic E-state index is 0.0122. The first-order valence-electron chi connectivity index (χ1n) is 6.31. The van der Waals surface area contributed by atoms with Crippen molar-refractivity contribution in [3.05, 3.63) is 61.7 Å². The van der Waals surface area contributed by atoms with Gasteiger partial charge in [-0.2, -0.15) is 0 Å². The first-order chi connectivity index (χ1) is 10.4. The van der Waals surface area contributed by atoms with Gasteiger partial charge in [-0.1, -0.05) is 22.0 Å². The Morgan fingerprint density at radius 1 is 1.45 bits per heavy atom. The summed E-state index contributed by atoms with van der Waals surface area (Å²) in [5, 5.41) is 13.7. The molecule has 8 heteroatoms. The summed E-state index contributed by atoms with van der Waals surface area (Å²) in [4.78, 5) is 25.5. The molecule has 1 aromatic carbocycles. The van der Waals surface area contributed by atoms with Gasteiger partial charge in [0.1, 0.15) is 12.0 Å². The third kappa shape index (κ3) is 3.59. The molecule has 0 spiro atoms. The van der Waals surface area contributed by atoms with E-state index in [-0.39, 0.29) is 17.1 Å². The number of aromatic nitrogens is 1. The maximum atomic E-state index is 11.4. The van der Waals surface area contributed by atoms with Crippen LogP contribution in [0.4, 0.5) is 11.5 Å². The molecule has 0 aliphatic carbocycles. The first kappa shape index (κ1) is 15.9. The lowest BCUT2D eigenvalue weighted by molar-refractivity contribution is -0.385. The van der Waals surface area contributed by atoms with Gasteiger partial charge in [0, 0.05) is 17.1 Å². The van der Waals surface area contributed by atoms with Crippen LogP contribution in [0.15, 0.2) is 34.9 Å². The predicted molar refractivity (Wildman–Crippen MR) is 85.6 cm³/mol. The van der Waals surface area contributed by atoms with Crippen molar-refractivity contribution in [3.63, 3.8) is 0 Å². The Labute approximate surface area is 134 Å². The topological polar surface area (TPSA) is 111 Å². The predicted octanol–water partition coefficient (Wildman–Crippen LogP) is 2.77. The van der Waals surface area contributed by atoms with E-state index in [0.717, 1.165) is 27.9 Å². The van der Waals surface area contributed by atoms with Crippen molar-refractivity contribution in [2.24, 2.45) is 5.73 Å². The van der Waals surface area contributed by atoms with Crippen molar-refractivity contribution >= 4 is 33.3 Å². The standard InChI is InChI=1S/C14H13BrN4O3/c1-8-2-3-10(15)4-9(8)6-17-14-12(13(16)20)5-11(7-18-14)19(21)22/h2-5,7H,6H2,1H3,(H2,16,20)(H,17,18). The molecule has 0 unspecified atom stereocenters. The van der Waals surface area contributed by atoms with Crippen LogP contribution >= 0.6 is 15.9 Å². The number of halogens is 1. The zero-order valence-corrected chi connectivity index (χ0v) is 13.3. The number of nitrogens with zero attached hydrogens (tertiary/aromatic N) is 2. The molecule has 0 saturated heterocycles. The number of benzene rings is 1. The van der Waals surface area contributed by atoms with E-state index < -0.39 is 10.8 Å². The highest BCUT2D eigenvalue weighted by molar-refractivity contribution is 9.10. The quantitative estimate of drug-likeness (QED) is 0.625. The van der Waals surface area contributed by atoms with E-state index in [4.69, 9.17) is 5.73 Å². The fraction of sp³-hybridized carbons (Fsp3) is 0.143. The number of pyridine rings is 1. The Morgan fingerprint density at radius 2 is 2.18 bits per heavy atom. The average molecular weight is 365 g/mol. The number of hydrogen-bond acceptors (Lipinski definition) is 5. The maximum Gasteiger partial charge on any atom is 0.288 e. The summed E-state index contributed by atoms with van der Waals surface area (Å²) in [5.41, 5.74) is 7.04. The molecule has 3 N–H and O–H groups in total. The van der Waals surface area contributed by atoms with E-state index >= 15 is 0 Å². The number of carbonyl (C=O) groups is 1. The number of carbonyl (C=O) groups excluding carboxylic acids is 1. The second-order valence-electron chi connectivity index (χ2n) is 4.64. The average Bonchev–Trinajstić information content (AvgIpc) is 2.47. The molecule has 7 nitrogen and oxygen atoms in total. The lowest BCUT2D eigenvalue weighted by Crippen LogP contribution is -2.16. The lowest BCUT2D eigenvalue weighted by atomic mass is 10.1. The van der Waals surface area contributed by atoms with E-state index in [9.17, 15) is 14.9 Å². The first-order valence-corrected chi connectivity index (χ1v) is 7.11. The van der Waals surface area contributed by atoms with Gasteiger partial charge in [-0.15, -0.1) is 0 Å². The Balaban J connectivity index is 2.27. The Morgan fingerprint density at radius 3 is 2.82 bits per heavy atom. The Hall–Kier alpha value is -2.48. The second kappa shape index (κ2) is 6.52. The SMILES string of the molecule is Cc1ccc(Br)cc1CNc1ncc([N+](=O)[O-])cc1C(N)=O. The number of primary amides is 1. The van der Waals surface area contributed by atoms with Crippen molar-refractivity contribution in [3.8, 4) is 0 Å². The number of nitro groups is 1. The molecular weight excluding hydrogens is 352 g/mol. The van der Waals surface area contributed by atoms with Gasteiger partial charge >= 0.3 is 0 Å². The largest absolute Gasteiger partial charge is 0.365 e. The van der Waals surface area contributed by atoms with E-state index in [1.54, 1.807) is 0 Å². The third-order valence-corrected chi connectivity index (χ3v) is 3.60. The normalized spacial score (nSPS) is 10.3. The highest BCUT2D eigenvalue weighted by atomic mass is 79.9. The number of amides is 1. The molecule has 0 saturated carbocycles. The molecule has 22 heavy (non-hydrogen) atoms. The van der Waals surface area contributed by atoms with Crippen LogP contribution in [0.25, 0.3) is 0 Å². The van der Waals surface area contributed by atoms with Gasteiger partial charge in [0.25, 0.3) is 11.6 Å². The number of anilines is 1. The van der Waals surface area contributed by atoms with Gasteiger partial charge < -0.3 is 11.1 Å². The minimum Gasteiger partial charge on any atom is -0.365 e. The van der Waals surface area contributed by atoms with Gasteiger partial charge in [0.2, 0.25) is 0 Å². The molecular formula is C14H13BrN4O3. The highest BCUT2D eigenvalue weighted by Gasteiger charge is 2.16.